The Hall–Kier alpha value is -2.70. The number of hydrogen-bond donors (Lipinski definition) is 3. The minimum atomic E-state index is -1.31. The smallest absolute Gasteiger partial charge is 0.307 e. The zero-order chi connectivity index (χ0) is 26.3. The molecule has 5 unspecified atom stereocenters. The fraction of sp³-hybridized carbons (Fsp3) is 0.533. The summed E-state index contributed by atoms with van der Waals surface area (Å²) in [6.07, 6.45) is 6.71. The number of amides is 1. The molecule has 8 atom stereocenters. The minimum Gasteiger partial charge on any atom is -0.430 e. The molecular weight excluding hydrogens is 454 g/mol. The maximum Gasteiger partial charge on any atom is 0.307 e. The number of ether oxygens (including phenoxy) is 1. The predicted molar refractivity (Wildman–Crippen MR) is 138 cm³/mol. The van der Waals surface area contributed by atoms with Crippen LogP contribution in [-0.4, -0.2) is 39.8 Å². The molecule has 1 aliphatic heterocycles. The van der Waals surface area contributed by atoms with Gasteiger partial charge in [0.1, 0.15) is 11.2 Å². The van der Waals surface area contributed by atoms with Crippen molar-refractivity contribution < 1.29 is 24.5 Å². The molecular formula is C30H39NO5. The molecule has 1 amide bonds. The van der Waals surface area contributed by atoms with Gasteiger partial charge < -0.3 is 20.3 Å². The van der Waals surface area contributed by atoms with Crippen molar-refractivity contribution in [3.63, 3.8) is 0 Å². The van der Waals surface area contributed by atoms with Crippen molar-refractivity contribution in [2.75, 3.05) is 0 Å². The van der Waals surface area contributed by atoms with Crippen LogP contribution in [0.4, 0.5) is 0 Å². The molecule has 4 rings (SSSR count). The predicted octanol–water partition coefficient (Wildman–Crippen LogP) is 4.09. The lowest BCUT2D eigenvalue weighted by Gasteiger charge is -2.50. The van der Waals surface area contributed by atoms with Gasteiger partial charge in [-0.2, -0.15) is 0 Å². The summed E-state index contributed by atoms with van der Waals surface area (Å²) in [7, 11) is 0. The van der Waals surface area contributed by atoms with Gasteiger partial charge in [-0.15, -0.1) is 0 Å². The average molecular weight is 494 g/mol. The number of aliphatic hydroxyl groups excluding tert-OH is 1. The summed E-state index contributed by atoms with van der Waals surface area (Å²) in [6, 6.07) is 9.72. The van der Waals surface area contributed by atoms with Crippen molar-refractivity contribution in [1.82, 2.24) is 5.32 Å². The van der Waals surface area contributed by atoms with Crippen LogP contribution in [0.25, 0.3) is 0 Å². The molecule has 0 radical (unpaired) electrons. The van der Waals surface area contributed by atoms with Gasteiger partial charge in [0.25, 0.3) is 0 Å². The van der Waals surface area contributed by atoms with Crippen LogP contribution in [0, 0.1) is 29.1 Å². The van der Waals surface area contributed by atoms with Crippen LogP contribution < -0.4 is 5.32 Å². The molecule has 1 heterocycles. The van der Waals surface area contributed by atoms with Crippen molar-refractivity contribution in [3.05, 3.63) is 72.0 Å². The number of carbonyl (C=O) groups is 2. The molecule has 6 heteroatoms. The van der Waals surface area contributed by atoms with Gasteiger partial charge >= 0.3 is 5.97 Å². The van der Waals surface area contributed by atoms with E-state index in [1.807, 2.05) is 49.4 Å². The highest BCUT2D eigenvalue weighted by atomic mass is 16.5. The summed E-state index contributed by atoms with van der Waals surface area (Å²) in [5, 5.41) is 25.8. The summed E-state index contributed by atoms with van der Waals surface area (Å²) in [4.78, 5) is 26.5. The average Bonchev–Trinajstić information content (AvgIpc) is 3.08. The topological polar surface area (TPSA) is 95.9 Å². The van der Waals surface area contributed by atoms with Gasteiger partial charge in [-0.05, 0) is 61.7 Å². The Bertz CT molecular complexity index is 1070. The van der Waals surface area contributed by atoms with Crippen molar-refractivity contribution in [2.24, 2.45) is 29.1 Å². The molecule has 6 nitrogen and oxygen atoms in total. The SMILES string of the molecule is C=C1C(C)C2C(Cc3ccccc3)NC(=O)C23/C(OC(C)=O)=C\C[C@](C)(O)C[C@@H](C)C/C=C\C3[C@@H]1O. The maximum absolute atomic E-state index is 14.1. The number of benzene rings is 1. The van der Waals surface area contributed by atoms with Crippen LogP contribution in [0.5, 0.6) is 0 Å². The van der Waals surface area contributed by atoms with E-state index in [2.05, 4.69) is 18.8 Å². The lowest BCUT2D eigenvalue weighted by Crippen LogP contribution is -2.55. The molecule has 1 aromatic carbocycles. The van der Waals surface area contributed by atoms with Gasteiger partial charge in [0, 0.05) is 24.8 Å². The van der Waals surface area contributed by atoms with Crippen LogP contribution in [0.3, 0.4) is 0 Å². The van der Waals surface area contributed by atoms with Crippen LogP contribution in [0.2, 0.25) is 0 Å². The maximum atomic E-state index is 14.1. The Morgan fingerprint density at radius 3 is 2.61 bits per heavy atom. The minimum absolute atomic E-state index is 0.192. The van der Waals surface area contributed by atoms with Crippen LogP contribution in [-0.2, 0) is 20.7 Å². The molecule has 0 bridgehead atoms. The van der Waals surface area contributed by atoms with E-state index < -0.39 is 29.0 Å². The van der Waals surface area contributed by atoms with Gasteiger partial charge in [0.2, 0.25) is 5.91 Å². The molecule has 0 aromatic heterocycles. The van der Waals surface area contributed by atoms with Crippen LogP contribution >= 0.6 is 0 Å². The van der Waals surface area contributed by atoms with E-state index in [1.165, 1.54) is 6.92 Å². The normalized spacial score (nSPS) is 41.1. The molecule has 1 spiro atoms. The highest BCUT2D eigenvalue weighted by Crippen LogP contribution is 2.59. The zero-order valence-electron chi connectivity index (χ0n) is 21.7. The van der Waals surface area contributed by atoms with E-state index in [0.29, 0.717) is 24.8 Å². The number of hydrogen-bond acceptors (Lipinski definition) is 5. The summed E-state index contributed by atoms with van der Waals surface area (Å²) in [5.74, 6) is -1.58. The molecule has 194 valence electrons. The summed E-state index contributed by atoms with van der Waals surface area (Å²) in [5.41, 5.74) is -0.587. The number of esters is 1. The molecule has 2 aliphatic carbocycles. The van der Waals surface area contributed by atoms with E-state index in [0.717, 1.165) is 5.56 Å². The second kappa shape index (κ2) is 9.98. The Labute approximate surface area is 214 Å². The second-order valence-electron chi connectivity index (χ2n) is 11.3. The monoisotopic (exact) mass is 493 g/mol. The Kier molecular flexibility index (Phi) is 7.31. The first kappa shape index (κ1) is 26.4. The van der Waals surface area contributed by atoms with Crippen LogP contribution in [0.1, 0.15) is 52.5 Å². The number of allylic oxidation sites excluding steroid dienone is 1. The van der Waals surface area contributed by atoms with Gasteiger partial charge in [0.15, 0.2) is 0 Å². The molecule has 1 saturated carbocycles. The fourth-order valence-corrected chi connectivity index (χ4v) is 6.82. The first-order valence-corrected chi connectivity index (χ1v) is 13.0. The summed E-state index contributed by atoms with van der Waals surface area (Å²) < 4.78 is 5.83. The highest BCUT2D eigenvalue weighted by Gasteiger charge is 2.67. The lowest BCUT2D eigenvalue weighted by atomic mass is 9.52. The van der Waals surface area contributed by atoms with E-state index >= 15 is 0 Å². The molecule has 1 saturated heterocycles. The quantitative estimate of drug-likeness (QED) is 0.436. The Morgan fingerprint density at radius 1 is 1.25 bits per heavy atom. The van der Waals surface area contributed by atoms with Crippen molar-refractivity contribution >= 4 is 11.9 Å². The number of carbonyl (C=O) groups excluding carboxylic acids is 2. The van der Waals surface area contributed by atoms with Gasteiger partial charge in [0.05, 0.1) is 11.7 Å². The summed E-state index contributed by atoms with van der Waals surface area (Å²) in [6.45, 7) is 11.4. The third-order valence-corrected chi connectivity index (χ3v) is 8.38. The second-order valence-corrected chi connectivity index (χ2v) is 11.3. The first-order chi connectivity index (χ1) is 17.0. The molecule has 2 fully saturated rings. The number of aliphatic hydroxyl groups is 2. The molecule has 3 aliphatic rings. The lowest BCUT2D eigenvalue weighted by molar-refractivity contribution is -0.146. The first-order valence-electron chi connectivity index (χ1n) is 13.0. The van der Waals surface area contributed by atoms with Crippen molar-refractivity contribution in [3.8, 4) is 0 Å². The number of nitrogens with one attached hydrogen (secondary N) is 1. The largest absolute Gasteiger partial charge is 0.430 e. The Morgan fingerprint density at radius 2 is 1.94 bits per heavy atom. The molecule has 1 aromatic rings. The van der Waals surface area contributed by atoms with E-state index in [4.69, 9.17) is 4.74 Å². The van der Waals surface area contributed by atoms with Crippen LogP contribution in [0.15, 0.2) is 66.5 Å². The standard InChI is InChI=1S/C30H39NO5/c1-18-10-9-13-23-27(33)20(3)19(2)26-24(16-22-11-7-6-8-12-22)31-28(34)30(23,26)25(36-21(4)32)14-15-29(5,35)17-18/h6-9,11-14,18-19,23-24,26-27,33,35H,3,10,15-17H2,1-2,4-5H3,(H,31,34)/b13-9-,25-14+/t18-,19?,23?,24?,26?,27+,29-,30?/m0/s1. The van der Waals surface area contributed by atoms with E-state index in [1.54, 1.807) is 13.0 Å². The molecule has 36 heavy (non-hydrogen) atoms. The fourth-order valence-electron chi connectivity index (χ4n) is 6.82. The molecule has 3 N–H and O–H groups in total. The van der Waals surface area contributed by atoms with Gasteiger partial charge in [-0.3, -0.25) is 9.59 Å². The Balaban J connectivity index is 1.93. The third-order valence-electron chi connectivity index (χ3n) is 8.38. The van der Waals surface area contributed by atoms with E-state index in [9.17, 15) is 19.8 Å². The van der Waals surface area contributed by atoms with Crippen molar-refractivity contribution in [1.29, 1.82) is 0 Å². The van der Waals surface area contributed by atoms with E-state index in [-0.39, 0.29) is 41.9 Å². The zero-order valence-corrected chi connectivity index (χ0v) is 21.7. The van der Waals surface area contributed by atoms with Gasteiger partial charge in [-0.1, -0.05) is 62.9 Å². The third kappa shape index (κ3) is 4.69. The van der Waals surface area contributed by atoms with Gasteiger partial charge in [-0.25, -0.2) is 0 Å². The van der Waals surface area contributed by atoms with Crippen molar-refractivity contribution in [2.45, 2.75) is 71.1 Å². The number of rotatable bonds is 3. The summed E-state index contributed by atoms with van der Waals surface area (Å²) >= 11 is 0. The highest BCUT2D eigenvalue weighted by molar-refractivity contribution is 5.91.